The molecule has 1 N–H and O–H groups in total. The van der Waals surface area contributed by atoms with Gasteiger partial charge in [0.15, 0.2) is 11.5 Å². The number of aryl methyl sites for hydroxylation is 1. The average Bonchev–Trinajstić information content (AvgIpc) is 2.54. The maximum atomic E-state index is 12.4. The summed E-state index contributed by atoms with van der Waals surface area (Å²) in [5.74, 6) is 0.586. The molecule has 0 aliphatic heterocycles. The number of carbonyl (C=O) groups excluding carboxylic acids is 2. The van der Waals surface area contributed by atoms with Crippen molar-refractivity contribution in [1.82, 2.24) is 0 Å². The van der Waals surface area contributed by atoms with Crippen LogP contribution in [0.4, 0.5) is 0 Å². The second-order valence-electron chi connectivity index (χ2n) is 6.77. The summed E-state index contributed by atoms with van der Waals surface area (Å²) in [5.41, 5.74) is 0.625. The van der Waals surface area contributed by atoms with Crippen LogP contribution >= 0.6 is 0 Å². The molecule has 0 amide bonds. The van der Waals surface area contributed by atoms with Gasteiger partial charge in [-0.25, -0.2) is 0 Å². The monoisotopic (exact) mass is 318 g/mol. The number of phenolic OH excluding ortho intramolecular Hbond substituents is 1. The van der Waals surface area contributed by atoms with Crippen molar-refractivity contribution in [3.05, 3.63) is 23.8 Å². The summed E-state index contributed by atoms with van der Waals surface area (Å²) in [6.45, 7) is 2.01. The van der Waals surface area contributed by atoms with Crippen molar-refractivity contribution in [1.29, 1.82) is 0 Å². The minimum absolute atomic E-state index is 0.00570. The van der Waals surface area contributed by atoms with Crippen LogP contribution in [0.1, 0.15) is 57.4 Å². The lowest BCUT2D eigenvalue weighted by Crippen LogP contribution is -2.31. The molecule has 0 bridgehead atoms. The first-order valence-corrected chi connectivity index (χ1v) is 8.35. The fourth-order valence-electron chi connectivity index (χ4n) is 3.25. The third kappa shape index (κ3) is 4.57. The maximum absolute atomic E-state index is 12.4. The van der Waals surface area contributed by atoms with E-state index in [0.29, 0.717) is 18.6 Å². The lowest BCUT2D eigenvalue weighted by molar-refractivity contribution is -0.134. The molecule has 1 fully saturated rings. The molecule has 1 saturated carbocycles. The van der Waals surface area contributed by atoms with Crippen molar-refractivity contribution in [3.63, 3.8) is 0 Å². The van der Waals surface area contributed by atoms with Crippen LogP contribution in [0, 0.1) is 5.41 Å². The molecule has 1 aliphatic carbocycles. The molecule has 0 atom stereocenters. The van der Waals surface area contributed by atoms with Gasteiger partial charge >= 0.3 is 0 Å². The number of benzene rings is 1. The van der Waals surface area contributed by atoms with Crippen LogP contribution in [0.5, 0.6) is 11.5 Å². The molecule has 0 saturated heterocycles. The standard InChI is InChI=1S/C19H26O4/c1-19(10-4-3-5-11-19)18(22)13-15(20)8-6-14-7-9-16(21)17(12-14)23-2/h7,9,12,21H,3-6,8,10-11,13H2,1-2H3. The second kappa shape index (κ2) is 7.62. The van der Waals surface area contributed by atoms with E-state index in [9.17, 15) is 14.7 Å². The highest BCUT2D eigenvalue weighted by Crippen LogP contribution is 2.37. The van der Waals surface area contributed by atoms with Gasteiger partial charge in [-0.15, -0.1) is 0 Å². The SMILES string of the molecule is COc1cc(CCC(=O)CC(=O)C2(C)CCCCC2)ccc1O. The molecule has 1 aromatic rings. The van der Waals surface area contributed by atoms with E-state index in [1.807, 2.05) is 6.92 Å². The summed E-state index contributed by atoms with van der Waals surface area (Å²) in [4.78, 5) is 24.5. The number of Topliss-reactive ketones (excluding diaryl/α,β-unsaturated/α-hetero) is 2. The minimum atomic E-state index is -0.296. The van der Waals surface area contributed by atoms with E-state index in [-0.39, 0.29) is 29.2 Å². The van der Waals surface area contributed by atoms with Crippen molar-refractivity contribution < 1.29 is 19.4 Å². The van der Waals surface area contributed by atoms with Crippen LogP contribution in [0.3, 0.4) is 0 Å². The van der Waals surface area contributed by atoms with Gasteiger partial charge in [0.05, 0.1) is 13.5 Å². The number of methoxy groups -OCH3 is 1. The molecule has 4 heteroatoms. The zero-order valence-electron chi connectivity index (χ0n) is 14.1. The molecule has 1 aromatic carbocycles. The Bertz CT molecular complexity index is 571. The highest BCUT2D eigenvalue weighted by molar-refractivity contribution is 6.01. The van der Waals surface area contributed by atoms with Gasteiger partial charge < -0.3 is 9.84 Å². The number of ketones is 2. The van der Waals surface area contributed by atoms with Crippen molar-refractivity contribution in [2.75, 3.05) is 7.11 Å². The third-order valence-corrected chi connectivity index (χ3v) is 4.92. The average molecular weight is 318 g/mol. The summed E-state index contributed by atoms with van der Waals surface area (Å²) in [6.07, 6.45) is 6.14. The van der Waals surface area contributed by atoms with Crippen LogP contribution in [0.2, 0.25) is 0 Å². The number of phenols is 1. The van der Waals surface area contributed by atoms with Gasteiger partial charge in [-0.1, -0.05) is 32.3 Å². The van der Waals surface area contributed by atoms with Gasteiger partial charge in [-0.2, -0.15) is 0 Å². The predicted octanol–water partition coefficient (Wildman–Crippen LogP) is 3.83. The lowest BCUT2D eigenvalue weighted by Gasteiger charge is -2.31. The fourth-order valence-corrected chi connectivity index (χ4v) is 3.25. The number of hydrogen-bond donors (Lipinski definition) is 1. The van der Waals surface area contributed by atoms with E-state index >= 15 is 0 Å². The molecule has 0 radical (unpaired) electrons. The van der Waals surface area contributed by atoms with Crippen molar-refractivity contribution >= 4 is 11.6 Å². The minimum Gasteiger partial charge on any atom is -0.504 e. The largest absolute Gasteiger partial charge is 0.504 e. The normalized spacial score (nSPS) is 16.8. The molecule has 1 aliphatic rings. The highest BCUT2D eigenvalue weighted by atomic mass is 16.5. The lowest BCUT2D eigenvalue weighted by atomic mass is 9.71. The predicted molar refractivity (Wildman–Crippen MR) is 88.8 cm³/mol. The van der Waals surface area contributed by atoms with E-state index in [2.05, 4.69) is 0 Å². The topological polar surface area (TPSA) is 63.6 Å². The Morgan fingerprint density at radius 3 is 2.57 bits per heavy atom. The Hall–Kier alpha value is -1.84. The number of ether oxygens (including phenoxy) is 1. The molecular weight excluding hydrogens is 292 g/mol. The van der Waals surface area contributed by atoms with Gasteiger partial charge in [-0.3, -0.25) is 9.59 Å². The molecule has 0 heterocycles. The Morgan fingerprint density at radius 1 is 1.22 bits per heavy atom. The highest BCUT2D eigenvalue weighted by Gasteiger charge is 2.34. The second-order valence-corrected chi connectivity index (χ2v) is 6.77. The Morgan fingerprint density at radius 2 is 1.91 bits per heavy atom. The Balaban J connectivity index is 1.86. The Labute approximate surface area is 137 Å². The quantitative estimate of drug-likeness (QED) is 0.776. The van der Waals surface area contributed by atoms with Crippen molar-refractivity contribution in [2.24, 2.45) is 5.41 Å². The fraction of sp³-hybridized carbons (Fsp3) is 0.579. The summed E-state index contributed by atoms with van der Waals surface area (Å²) in [7, 11) is 1.49. The zero-order chi connectivity index (χ0) is 16.9. The molecule has 0 spiro atoms. The number of rotatable bonds is 7. The maximum Gasteiger partial charge on any atom is 0.160 e. The number of carbonyl (C=O) groups is 2. The molecule has 0 unspecified atom stereocenters. The van der Waals surface area contributed by atoms with Crippen molar-refractivity contribution in [2.45, 2.75) is 58.3 Å². The van der Waals surface area contributed by atoms with Crippen LogP contribution in [-0.2, 0) is 16.0 Å². The molecular formula is C19H26O4. The summed E-state index contributed by atoms with van der Waals surface area (Å²) < 4.78 is 5.06. The summed E-state index contributed by atoms with van der Waals surface area (Å²) in [5, 5.41) is 9.57. The molecule has 0 aromatic heterocycles. The zero-order valence-corrected chi connectivity index (χ0v) is 14.1. The number of hydrogen-bond acceptors (Lipinski definition) is 4. The molecule has 126 valence electrons. The Kier molecular flexibility index (Phi) is 5.80. The van der Waals surface area contributed by atoms with E-state index in [0.717, 1.165) is 31.2 Å². The molecule has 4 nitrogen and oxygen atoms in total. The van der Waals surface area contributed by atoms with Gasteiger partial charge in [0.2, 0.25) is 0 Å². The van der Waals surface area contributed by atoms with Gasteiger partial charge in [0, 0.05) is 11.8 Å². The van der Waals surface area contributed by atoms with E-state index in [1.165, 1.54) is 13.5 Å². The first-order valence-electron chi connectivity index (χ1n) is 8.35. The third-order valence-electron chi connectivity index (χ3n) is 4.92. The smallest absolute Gasteiger partial charge is 0.160 e. The van der Waals surface area contributed by atoms with E-state index < -0.39 is 0 Å². The van der Waals surface area contributed by atoms with Crippen LogP contribution in [0.15, 0.2) is 18.2 Å². The van der Waals surface area contributed by atoms with Crippen molar-refractivity contribution in [3.8, 4) is 11.5 Å². The van der Waals surface area contributed by atoms with Crippen LogP contribution in [0.25, 0.3) is 0 Å². The van der Waals surface area contributed by atoms with Gasteiger partial charge in [0.25, 0.3) is 0 Å². The van der Waals surface area contributed by atoms with E-state index in [1.54, 1.807) is 18.2 Å². The first-order chi connectivity index (χ1) is 10.9. The summed E-state index contributed by atoms with van der Waals surface area (Å²) in [6, 6.07) is 5.06. The molecule has 2 rings (SSSR count). The first kappa shape index (κ1) is 17.5. The molecule has 23 heavy (non-hydrogen) atoms. The van der Waals surface area contributed by atoms with E-state index in [4.69, 9.17) is 4.74 Å². The van der Waals surface area contributed by atoms with Crippen LogP contribution < -0.4 is 4.74 Å². The van der Waals surface area contributed by atoms with Crippen LogP contribution in [-0.4, -0.2) is 23.8 Å². The van der Waals surface area contributed by atoms with Gasteiger partial charge in [-0.05, 0) is 37.0 Å². The summed E-state index contributed by atoms with van der Waals surface area (Å²) >= 11 is 0. The van der Waals surface area contributed by atoms with Gasteiger partial charge in [0.1, 0.15) is 11.6 Å². The number of aromatic hydroxyl groups is 1.